The highest BCUT2D eigenvalue weighted by Gasteiger charge is 2.31. The van der Waals surface area contributed by atoms with Crippen molar-refractivity contribution in [3.63, 3.8) is 0 Å². The fraction of sp³-hybridized carbons (Fsp3) is 0.562. The highest BCUT2D eigenvalue weighted by atomic mass is 16.5. The van der Waals surface area contributed by atoms with Gasteiger partial charge in [0.2, 0.25) is 0 Å². The maximum absolute atomic E-state index is 12.2. The van der Waals surface area contributed by atoms with E-state index in [4.69, 9.17) is 10.5 Å². The first-order valence-electron chi connectivity index (χ1n) is 7.29. The first kappa shape index (κ1) is 14.9. The molecule has 0 spiro atoms. The molecule has 1 aliphatic rings. The van der Waals surface area contributed by atoms with E-state index in [0.717, 1.165) is 41.8 Å². The second-order valence-corrected chi connectivity index (χ2v) is 5.46. The van der Waals surface area contributed by atoms with Gasteiger partial charge in [-0.1, -0.05) is 12.1 Å². The van der Waals surface area contributed by atoms with E-state index >= 15 is 0 Å². The summed E-state index contributed by atoms with van der Waals surface area (Å²) in [5.41, 5.74) is 8.82. The van der Waals surface area contributed by atoms with Crippen molar-refractivity contribution in [2.75, 3.05) is 13.2 Å². The number of nitrogens with two attached hydrogens (primary N) is 1. The van der Waals surface area contributed by atoms with Crippen molar-refractivity contribution in [2.45, 2.75) is 46.2 Å². The number of carbonyl (C=O) groups is 1. The van der Waals surface area contributed by atoms with E-state index in [1.165, 1.54) is 0 Å². The average Bonchev–Trinajstić information content (AvgIpc) is 3.23. The maximum Gasteiger partial charge on any atom is 0.260 e. The predicted octanol–water partition coefficient (Wildman–Crippen LogP) is 2.15. The Morgan fingerprint density at radius 3 is 2.40 bits per heavy atom. The van der Waals surface area contributed by atoms with Gasteiger partial charge in [-0.2, -0.15) is 0 Å². The number of carbonyl (C=O) groups excluding carboxylic acids is 1. The molecule has 1 aliphatic carbocycles. The molecule has 1 aromatic carbocycles. The molecular formula is C16H24N2O2. The Bertz CT molecular complexity index is 472. The van der Waals surface area contributed by atoms with Crippen molar-refractivity contribution < 1.29 is 9.53 Å². The number of rotatable bonds is 6. The summed E-state index contributed by atoms with van der Waals surface area (Å²) >= 11 is 0. The molecule has 2 rings (SSSR count). The van der Waals surface area contributed by atoms with E-state index in [1.807, 2.05) is 37.8 Å². The van der Waals surface area contributed by atoms with Gasteiger partial charge in [0, 0.05) is 19.1 Å². The number of likely N-dealkylation sites (N-methyl/N-ethyl adjacent to an activating group) is 1. The highest BCUT2D eigenvalue weighted by Crippen LogP contribution is 2.28. The molecule has 0 heterocycles. The zero-order chi connectivity index (χ0) is 14.7. The first-order chi connectivity index (χ1) is 9.56. The third-order valence-electron chi connectivity index (χ3n) is 3.74. The summed E-state index contributed by atoms with van der Waals surface area (Å²) < 4.78 is 5.76. The van der Waals surface area contributed by atoms with Gasteiger partial charge in [-0.15, -0.1) is 0 Å². The average molecular weight is 276 g/mol. The van der Waals surface area contributed by atoms with Crippen LogP contribution in [0.3, 0.4) is 0 Å². The van der Waals surface area contributed by atoms with E-state index in [2.05, 4.69) is 0 Å². The quantitative estimate of drug-likeness (QED) is 0.866. The largest absolute Gasteiger partial charge is 0.483 e. The van der Waals surface area contributed by atoms with Gasteiger partial charge < -0.3 is 15.4 Å². The topological polar surface area (TPSA) is 55.6 Å². The molecule has 4 nitrogen and oxygen atoms in total. The zero-order valence-electron chi connectivity index (χ0n) is 12.6. The standard InChI is InChI=1S/C16H24N2O2/c1-4-18(14-5-6-14)15(19)10-20-16-11(2)7-13(9-17)8-12(16)3/h7-8,14H,4-6,9-10,17H2,1-3H3. The van der Waals surface area contributed by atoms with Crippen molar-refractivity contribution in [3.8, 4) is 5.75 Å². The van der Waals surface area contributed by atoms with Crippen molar-refractivity contribution in [2.24, 2.45) is 5.73 Å². The fourth-order valence-corrected chi connectivity index (χ4v) is 2.63. The molecule has 0 atom stereocenters. The van der Waals surface area contributed by atoms with Gasteiger partial charge in [0.1, 0.15) is 5.75 Å². The van der Waals surface area contributed by atoms with Crippen LogP contribution in [-0.2, 0) is 11.3 Å². The summed E-state index contributed by atoms with van der Waals surface area (Å²) in [5.74, 6) is 0.888. The number of hydrogen-bond acceptors (Lipinski definition) is 3. The van der Waals surface area contributed by atoms with Crippen LogP contribution in [0.2, 0.25) is 0 Å². The van der Waals surface area contributed by atoms with E-state index in [1.54, 1.807) is 0 Å². The molecule has 110 valence electrons. The lowest BCUT2D eigenvalue weighted by Gasteiger charge is -2.21. The Balaban J connectivity index is 2.01. The smallest absolute Gasteiger partial charge is 0.260 e. The number of aryl methyl sites for hydroxylation is 2. The minimum absolute atomic E-state index is 0.0803. The summed E-state index contributed by atoms with van der Waals surface area (Å²) in [5, 5.41) is 0. The minimum atomic E-state index is 0.0803. The zero-order valence-corrected chi connectivity index (χ0v) is 12.6. The monoisotopic (exact) mass is 276 g/mol. The lowest BCUT2D eigenvalue weighted by molar-refractivity contribution is -0.133. The molecule has 2 N–H and O–H groups in total. The van der Waals surface area contributed by atoms with E-state index in [9.17, 15) is 4.79 Å². The van der Waals surface area contributed by atoms with Crippen molar-refractivity contribution in [1.82, 2.24) is 4.90 Å². The summed E-state index contributed by atoms with van der Waals surface area (Å²) in [6.45, 7) is 7.40. The second kappa shape index (κ2) is 6.27. The molecule has 4 heteroatoms. The molecule has 0 radical (unpaired) electrons. The number of amides is 1. The van der Waals surface area contributed by atoms with Crippen LogP contribution < -0.4 is 10.5 Å². The van der Waals surface area contributed by atoms with Crippen molar-refractivity contribution >= 4 is 5.91 Å². The van der Waals surface area contributed by atoms with Crippen LogP contribution in [0.5, 0.6) is 5.75 Å². The molecule has 0 aromatic heterocycles. The Hall–Kier alpha value is -1.55. The number of benzene rings is 1. The normalized spacial score (nSPS) is 14.2. The second-order valence-electron chi connectivity index (χ2n) is 5.46. The van der Waals surface area contributed by atoms with Gasteiger partial charge >= 0.3 is 0 Å². The highest BCUT2D eigenvalue weighted by molar-refractivity contribution is 5.78. The molecule has 0 aliphatic heterocycles. The van der Waals surface area contributed by atoms with Gasteiger partial charge in [0.25, 0.3) is 5.91 Å². The molecule has 1 aromatic rings. The Morgan fingerprint density at radius 2 is 1.95 bits per heavy atom. The van der Waals surface area contributed by atoms with Gasteiger partial charge in [0.15, 0.2) is 6.61 Å². The van der Waals surface area contributed by atoms with Crippen LogP contribution in [0, 0.1) is 13.8 Å². The van der Waals surface area contributed by atoms with Crippen LogP contribution in [0.4, 0.5) is 0 Å². The predicted molar refractivity (Wildman–Crippen MR) is 79.7 cm³/mol. The van der Waals surface area contributed by atoms with Gasteiger partial charge in [-0.25, -0.2) is 0 Å². The van der Waals surface area contributed by atoms with E-state index in [0.29, 0.717) is 12.6 Å². The number of nitrogens with zero attached hydrogens (tertiary/aromatic N) is 1. The van der Waals surface area contributed by atoms with Crippen LogP contribution in [0.25, 0.3) is 0 Å². The molecule has 20 heavy (non-hydrogen) atoms. The number of hydrogen-bond donors (Lipinski definition) is 1. The van der Waals surface area contributed by atoms with Gasteiger partial charge in [0.05, 0.1) is 0 Å². The van der Waals surface area contributed by atoms with E-state index < -0.39 is 0 Å². The van der Waals surface area contributed by atoms with Gasteiger partial charge in [-0.05, 0) is 50.3 Å². The van der Waals surface area contributed by atoms with Crippen molar-refractivity contribution in [1.29, 1.82) is 0 Å². The molecule has 0 unspecified atom stereocenters. The summed E-state index contributed by atoms with van der Waals surface area (Å²) in [7, 11) is 0. The van der Waals surface area contributed by atoms with Crippen LogP contribution in [-0.4, -0.2) is 30.0 Å². The van der Waals surface area contributed by atoms with Crippen LogP contribution >= 0.6 is 0 Å². The molecule has 1 amide bonds. The van der Waals surface area contributed by atoms with Crippen molar-refractivity contribution in [3.05, 3.63) is 28.8 Å². The lowest BCUT2D eigenvalue weighted by Crippen LogP contribution is -2.36. The Kier molecular flexibility index (Phi) is 4.65. The molecular weight excluding hydrogens is 252 g/mol. The molecule has 0 bridgehead atoms. The fourth-order valence-electron chi connectivity index (χ4n) is 2.63. The first-order valence-corrected chi connectivity index (χ1v) is 7.29. The van der Waals surface area contributed by atoms with E-state index in [-0.39, 0.29) is 12.5 Å². The molecule has 0 saturated heterocycles. The molecule has 1 fully saturated rings. The third-order valence-corrected chi connectivity index (χ3v) is 3.74. The van der Waals surface area contributed by atoms with Crippen LogP contribution in [0.15, 0.2) is 12.1 Å². The van der Waals surface area contributed by atoms with Crippen LogP contribution in [0.1, 0.15) is 36.5 Å². The SMILES string of the molecule is CCN(C(=O)COc1c(C)cc(CN)cc1C)C1CC1. The Morgan fingerprint density at radius 1 is 1.35 bits per heavy atom. The minimum Gasteiger partial charge on any atom is -0.483 e. The maximum atomic E-state index is 12.2. The number of ether oxygens (including phenoxy) is 1. The molecule has 1 saturated carbocycles. The third kappa shape index (κ3) is 3.31. The Labute approximate surface area is 120 Å². The summed E-state index contributed by atoms with van der Waals surface area (Å²) in [6, 6.07) is 4.48. The van der Waals surface area contributed by atoms with Gasteiger partial charge in [-0.3, -0.25) is 4.79 Å². The summed E-state index contributed by atoms with van der Waals surface area (Å²) in [6.07, 6.45) is 2.26. The summed E-state index contributed by atoms with van der Waals surface area (Å²) in [4.78, 5) is 14.1. The lowest BCUT2D eigenvalue weighted by atomic mass is 10.1.